The smallest absolute Gasteiger partial charge is 0.306 e. The van der Waals surface area contributed by atoms with E-state index in [1.807, 2.05) is 0 Å². The zero-order valence-electron chi connectivity index (χ0n) is 12.5. The average molecular weight is 264 g/mol. The molecular weight excluding hydrogens is 236 g/mol. The van der Waals surface area contributed by atoms with Gasteiger partial charge in [-0.25, -0.2) is 0 Å². The molecule has 0 radical (unpaired) electrons. The zero-order valence-corrected chi connectivity index (χ0v) is 12.5. The molecule has 0 amide bonds. The van der Waals surface area contributed by atoms with Crippen LogP contribution >= 0.6 is 0 Å². The third-order valence-electron chi connectivity index (χ3n) is 3.70. The van der Waals surface area contributed by atoms with Crippen molar-refractivity contribution in [3.05, 3.63) is 24.3 Å². The lowest BCUT2D eigenvalue weighted by Crippen LogP contribution is -2.15. The second-order valence-electron chi connectivity index (χ2n) is 6.27. The van der Waals surface area contributed by atoms with Gasteiger partial charge in [0, 0.05) is 6.42 Å². The highest BCUT2D eigenvalue weighted by atomic mass is 16.5. The van der Waals surface area contributed by atoms with Crippen LogP contribution in [0.2, 0.25) is 0 Å². The summed E-state index contributed by atoms with van der Waals surface area (Å²) in [6, 6.07) is 0. The lowest BCUT2D eigenvalue weighted by atomic mass is 9.76. The van der Waals surface area contributed by atoms with Gasteiger partial charge in [0.05, 0.1) is 0 Å². The topological polar surface area (TPSA) is 26.3 Å². The van der Waals surface area contributed by atoms with E-state index in [2.05, 4.69) is 26.5 Å². The lowest BCUT2D eigenvalue weighted by molar-refractivity contribution is -0.142. The Balaban J connectivity index is 2.06. The first-order chi connectivity index (χ1) is 9.03. The van der Waals surface area contributed by atoms with Crippen LogP contribution in [0.5, 0.6) is 0 Å². The molecule has 0 unspecified atom stereocenters. The molecule has 0 fully saturated rings. The van der Waals surface area contributed by atoms with Gasteiger partial charge in [-0.2, -0.15) is 0 Å². The maximum Gasteiger partial charge on any atom is 0.306 e. The van der Waals surface area contributed by atoms with Gasteiger partial charge in [0.2, 0.25) is 0 Å². The molecule has 0 aromatic rings. The largest absolute Gasteiger partial charge is 0.461 e. The lowest BCUT2D eigenvalue weighted by Gasteiger charge is -2.29. The Morgan fingerprint density at radius 1 is 1.42 bits per heavy atom. The number of esters is 1. The molecule has 0 aromatic heterocycles. The van der Waals surface area contributed by atoms with Crippen molar-refractivity contribution in [1.82, 2.24) is 0 Å². The number of carbonyl (C=O) groups is 1. The van der Waals surface area contributed by atoms with Crippen LogP contribution in [0.3, 0.4) is 0 Å². The third kappa shape index (κ3) is 7.19. The van der Waals surface area contributed by atoms with Gasteiger partial charge in [-0.3, -0.25) is 4.79 Å². The molecular formula is C17H28O2. The van der Waals surface area contributed by atoms with Gasteiger partial charge in [0.25, 0.3) is 0 Å². The van der Waals surface area contributed by atoms with E-state index in [0.717, 1.165) is 12.8 Å². The van der Waals surface area contributed by atoms with E-state index in [4.69, 9.17) is 4.74 Å². The maximum absolute atomic E-state index is 11.3. The summed E-state index contributed by atoms with van der Waals surface area (Å²) in [5.74, 6) is -0.0992. The van der Waals surface area contributed by atoms with E-state index in [1.54, 1.807) is 11.6 Å². The van der Waals surface area contributed by atoms with Crippen LogP contribution in [0.4, 0.5) is 0 Å². The van der Waals surface area contributed by atoms with Gasteiger partial charge in [0.15, 0.2) is 0 Å². The predicted molar refractivity (Wildman–Crippen MR) is 80.0 cm³/mol. The van der Waals surface area contributed by atoms with E-state index < -0.39 is 0 Å². The minimum atomic E-state index is -0.0992. The molecule has 108 valence electrons. The Hall–Kier alpha value is -1.05. The Labute approximate surface area is 117 Å². The minimum absolute atomic E-state index is 0.0992. The van der Waals surface area contributed by atoms with Crippen molar-refractivity contribution in [3.8, 4) is 0 Å². The Morgan fingerprint density at radius 2 is 2.21 bits per heavy atom. The molecule has 1 aliphatic rings. The summed E-state index contributed by atoms with van der Waals surface area (Å²) < 4.78 is 4.95. The molecule has 0 bridgehead atoms. The van der Waals surface area contributed by atoms with E-state index in [-0.39, 0.29) is 5.97 Å². The van der Waals surface area contributed by atoms with Crippen LogP contribution in [-0.4, -0.2) is 12.6 Å². The molecule has 0 N–H and O–H groups in total. The van der Waals surface area contributed by atoms with Gasteiger partial charge >= 0.3 is 5.97 Å². The highest BCUT2D eigenvalue weighted by Crippen LogP contribution is 2.36. The normalized spacial score (nSPS) is 17.7. The van der Waals surface area contributed by atoms with Crippen molar-refractivity contribution in [2.75, 3.05) is 6.61 Å². The molecule has 0 heterocycles. The number of hydrogen-bond donors (Lipinski definition) is 0. The Bertz CT molecular complexity index is 326. The van der Waals surface area contributed by atoms with Crippen LogP contribution in [0.1, 0.15) is 65.2 Å². The van der Waals surface area contributed by atoms with Crippen LogP contribution < -0.4 is 0 Å². The molecule has 2 nitrogen and oxygen atoms in total. The van der Waals surface area contributed by atoms with Crippen molar-refractivity contribution in [1.29, 1.82) is 0 Å². The zero-order chi connectivity index (χ0) is 14.1. The summed E-state index contributed by atoms with van der Waals surface area (Å²) in [5.41, 5.74) is 2.10. The standard InChI is InChI=1S/C17H28O2/c1-4-13-19-16(18)11-7-5-6-9-15-10-8-12-17(2,3)14-15/h4,10H,1,5-9,11-14H2,2-3H3. The van der Waals surface area contributed by atoms with Crippen LogP contribution in [-0.2, 0) is 9.53 Å². The third-order valence-corrected chi connectivity index (χ3v) is 3.70. The second-order valence-corrected chi connectivity index (χ2v) is 6.27. The summed E-state index contributed by atoms with van der Waals surface area (Å²) in [7, 11) is 0. The molecule has 0 aromatic carbocycles. The molecule has 19 heavy (non-hydrogen) atoms. The number of unbranched alkanes of at least 4 members (excludes halogenated alkanes) is 2. The SMILES string of the molecule is C=CCOC(=O)CCCCCC1=CCCC(C)(C)C1. The van der Waals surface area contributed by atoms with E-state index >= 15 is 0 Å². The first-order valence-corrected chi connectivity index (χ1v) is 7.48. The van der Waals surface area contributed by atoms with Gasteiger partial charge in [-0.05, 0) is 43.9 Å². The number of allylic oxidation sites excluding steroid dienone is 2. The fourth-order valence-electron chi connectivity index (χ4n) is 2.65. The molecule has 0 spiro atoms. The van der Waals surface area contributed by atoms with E-state index in [0.29, 0.717) is 18.4 Å². The molecule has 0 saturated carbocycles. The summed E-state index contributed by atoms with van der Waals surface area (Å²) >= 11 is 0. The summed E-state index contributed by atoms with van der Waals surface area (Å²) in [6.07, 6.45) is 12.8. The highest BCUT2D eigenvalue weighted by molar-refractivity contribution is 5.69. The number of ether oxygens (including phenoxy) is 1. The van der Waals surface area contributed by atoms with Crippen LogP contribution in [0.25, 0.3) is 0 Å². The van der Waals surface area contributed by atoms with Gasteiger partial charge in [-0.15, -0.1) is 0 Å². The Morgan fingerprint density at radius 3 is 2.89 bits per heavy atom. The van der Waals surface area contributed by atoms with Crippen molar-refractivity contribution in [2.24, 2.45) is 5.41 Å². The summed E-state index contributed by atoms with van der Waals surface area (Å²) in [6.45, 7) is 8.57. The molecule has 0 aliphatic heterocycles. The molecule has 2 heteroatoms. The molecule has 1 rings (SSSR count). The van der Waals surface area contributed by atoms with Gasteiger partial charge in [-0.1, -0.05) is 44.6 Å². The first-order valence-electron chi connectivity index (χ1n) is 7.48. The van der Waals surface area contributed by atoms with Crippen LogP contribution in [0, 0.1) is 5.41 Å². The van der Waals surface area contributed by atoms with Crippen LogP contribution in [0.15, 0.2) is 24.3 Å². The number of hydrogen-bond acceptors (Lipinski definition) is 2. The number of rotatable bonds is 8. The van der Waals surface area contributed by atoms with Crippen molar-refractivity contribution in [3.63, 3.8) is 0 Å². The van der Waals surface area contributed by atoms with Gasteiger partial charge < -0.3 is 4.74 Å². The Kier molecular flexibility index (Phi) is 6.90. The van der Waals surface area contributed by atoms with Crippen molar-refractivity contribution >= 4 is 5.97 Å². The second kappa shape index (κ2) is 8.19. The quantitative estimate of drug-likeness (QED) is 0.357. The predicted octanol–water partition coefficient (Wildman–Crippen LogP) is 4.80. The monoisotopic (exact) mass is 264 g/mol. The first kappa shape index (κ1) is 16.0. The summed E-state index contributed by atoms with van der Waals surface area (Å²) in [5, 5.41) is 0. The maximum atomic E-state index is 11.3. The van der Waals surface area contributed by atoms with Crippen molar-refractivity contribution < 1.29 is 9.53 Å². The number of carbonyl (C=O) groups excluding carboxylic acids is 1. The summed E-state index contributed by atoms with van der Waals surface area (Å²) in [4.78, 5) is 11.3. The van der Waals surface area contributed by atoms with Crippen molar-refractivity contribution in [2.45, 2.75) is 65.2 Å². The molecule has 1 aliphatic carbocycles. The molecule has 0 atom stereocenters. The average Bonchev–Trinajstić information content (AvgIpc) is 2.35. The fraction of sp³-hybridized carbons (Fsp3) is 0.706. The van der Waals surface area contributed by atoms with E-state index in [1.165, 1.54) is 32.1 Å². The van der Waals surface area contributed by atoms with E-state index in [9.17, 15) is 4.79 Å². The van der Waals surface area contributed by atoms with Gasteiger partial charge in [0.1, 0.15) is 6.61 Å². The fourth-order valence-corrected chi connectivity index (χ4v) is 2.65. The molecule has 0 saturated heterocycles. The highest BCUT2D eigenvalue weighted by Gasteiger charge is 2.22. The minimum Gasteiger partial charge on any atom is -0.461 e.